The molecule has 0 radical (unpaired) electrons. The molecular weight excluding hydrogens is 494 g/mol. The van der Waals surface area contributed by atoms with E-state index in [1.165, 1.54) is 7.11 Å². The zero-order valence-electron chi connectivity index (χ0n) is 15.6. The minimum Gasteiger partial charge on any atom is -0.497 e. The van der Waals surface area contributed by atoms with Crippen molar-refractivity contribution in [3.63, 3.8) is 0 Å². The Morgan fingerprint density at radius 2 is 1.55 bits per heavy atom. The molecule has 1 N–H and O–H groups in total. The zero-order chi connectivity index (χ0) is 22.9. The topological polar surface area (TPSA) is 102 Å². The number of fused-ring (bicyclic) bond motifs is 1. The van der Waals surface area contributed by atoms with E-state index in [4.69, 9.17) is 55.9 Å². The molecule has 0 saturated carbocycles. The molecule has 8 nitrogen and oxygen atoms in total. The molecule has 3 amide bonds. The number of carbonyl (C=O) groups is 4. The fourth-order valence-electron chi connectivity index (χ4n) is 2.76. The summed E-state index contributed by atoms with van der Waals surface area (Å²) in [6.45, 7) is -1.40. The van der Waals surface area contributed by atoms with E-state index in [1.54, 1.807) is 24.3 Å². The SMILES string of the molecule is COc1cccc(NC(=O)COC(=O)CN2C(=O)c3c(Cl)c(Cl)c(Cl)c(Cl)c3C2=O)c1. The molecule has 162 valence electrons. The lowest BCUT2D eigenvalue weighted by atomic mass is 10.1. The van der Waals surface area contributed by atoms with Crippen LogP contribution in [0, 0.1) is 0 Å². The van der Waals surface area contributed by atoms with Gasteiger partial charge in [0.05, 0.1) is 38.3 Å². The molecule has 2 aromatic rings. The van der Waals surface area contributed by atoms with Crippen LogP contribution in [0.5, 0.6) is 5.75 Å². The Bertz CT molecular complexity index is 1070. The van der Waals surface area contributed by atoms with Gasteiger partial charge in [0.25, 0.3) is 17.7 Å². The number of nitrogens with zero attached hydrogens (tertiary/aromatic N) is 1. The highest BCUT2D eigenvalue weighted by Crippen LogP contribution is 2.44. The molecule has 1 aliphatic heterocycles. The van der Waals surface area contributed by atoms with Gasteiger partial charge in [-0.2, -0.15) is 0 Å². The first-order chi connectivity index (χ1) is 14.6. The molecule has 1 heterocycles. The van der Waals surface area contributed by atoms with Crippen molar-refractivity contribution in [3.05, 3.63) is 55.5 Å². The van der Waals surface area contributed by atoms with Crippen LogP contribution < -0.4 is 10.1 Å². The number of hydrogen-bond acceptors (Lipinski definition) is 6. The molecule has 0 spiro atoms. The van der Waals surface area contributed by atoms with Crippen molar-refractivity contribution in [3.8, 4) is 5.75 Å². The molecule has 0 aliphatic carbocycles. The van der Waals surface area contributed by atoms with E-state index in [-0.39, 0.29) is 31.2 Å². The maximum atomic E-state index is 12.6. The van der Waals surface area contributed by atoms with Crippen molar-refractivity contribution < 1.29 is 28.7 Å². The number of ether oxygens (including phenoxy) is 2. The predicted molar refractivity (Wildman–Crippen MR) is 114 cm³/mol. The second-order valence-corrected chi connectivity index (χ2v) is 7.66. The number of halogens is 4. The third-order valence-electron chi connectivity index (χ3n) is 4.19. The van der Waals surface area contributed by atoms with E-state index in [2.05, 4.69) is 5.32 Å². The number of anilines is 1. The molecule has 0 aromatic heterocycles. The average Bonchev–Trinajstić information content (AvgIpc) is 2.99. The summed E-state index contributed by atoms with van der Waals surface area (Å²) in [7, 11) is 1.48. The van der Waals surface area contributed by atoms with Crippen molar-refractivity contribution in [1.82, 2.24) is 4.90 Å². The lowest BCUT2D eigenvalue weighted by molar-refractivity contribution is -0.147. The van der Waals surface area contributed by atoms with Crippen LogP contribution in [0.4, 0.5) is 5.69 Å². The Morgan fingerprint density at radius 3 is 2.10 bits per heavy atom. The summed E-state index contributed by atoms with van der Waals surface area (Å²) in [6.07, 6.45) is 0. The van der Waals surface area contributed by atoms with Gasteiger partial charge in [0.15, 0.2) is 6.61 Å². The highest BCUT2D eigenvalue weighted by molar-refractivity contribution is 6.55. The first-order valence-electron chi connectivity index (χ1n) is 8.47. The molecular formula is C19H12Cl4N2O6. The normalized spacial score (nSPS) is 12.6. The standard InChI is InChI=1S/C19H12Cl4N2O6/c1-30-9-4-2-3-8(5-9)24-10(26)7-31-11(27)6-25-18(28)12-13(19(25)29)15(21)17(23)16(22)14(12)20/h2-5H,6-7H2,1H3,(H,24,26). The van der Waals surface area contributed by atoms with E-state index >= 15 is 0 Å². The lowest BCUT2D eigenvalue weighted by Crippen LogP contribution is -2.36. The Labute approximate surface area is 195 Å². The van der Waals surface area contributed by atoms with Gasteiger partial charge < -0.3 is 14.8 Å². The van der Waals surface area contributed by atoms with Crippen molar-refractivity contribution in [1.29, 1.82) is 0 Å². The Kier molecular flexibility index (Phi) is 6.96. The van der Waals surface area contributed by atoms with Crippen molar-refractivity contribution >= 4 is 75.8 Å². The van der Waals surface area contributed by atoms with Crippen LogP contribution in [0.25, 0.3) is 0 Å². The molecule has 31 heavy (non-hydrogen) atoms. The van der Waals surface area contributed by atoms with Crippen LogP contribution in [0.3, 0.4) is 0 Å². The Hall–Kier alpha value is -2.52. The third-order valence-corrected chi connectivity index (χ3v) is 5.99. The fourth-order valence-corrected chi connectivity index (χ4v) is 3.77. The number of esters is 1. The number of amides is 3. The number of nitrogens with one attached hydrogen (secondary N) is 1. The molecule has 12 heteroatoms. The van der Waals surface area contributed by atoms with Gasteiger partial charge in [0.1, 0.15) is 12.3 Å². The van der Waals surface area contributed by atoms with Crippen LogP contribution >= 0.6 is 46.4 Å². The van der Waals surface area contributed by atoms with E-state index in [0.29, 0.717) is 16.3 Å². The zero-order valence-corrected chi connectivity index (χ0v) is 18.7. The number of methoxy groups -OCH3 is 1. The second kappa shape index (κ2) is 9.32. The summed E-state index contributed by atoms with van der Waals surface area (Å²) < 4.78 is 9.90. The number of carbonyl (C=O) groups excluding carboxylic acids is 4. The van der Waals surface area contributed by atoms with Gasteiger partial charge in [-0.25, -0.2) is 0 Å². The minimum atomic E-state index is -1.00. The van der Waals surface area contributed by atoms with Crippen molar-refractivity contribution in [2.45, 2.75) is 0 Å². The quantitative estimate of drug-likeness (QED) is 0.274. The lowest BCUT2D eigenvalue weighted by Gasteiger charge is -2.13. The summed E-state index contributed by atoms with van der Waals surface area (Å²) in [5.41, 5.74) is -0.0805. The molecule has 0 atom stereocenters. The second-order valence-electron chi connectivity index (χ2n) is 6.14. The minimum absolute atomic E-state index is 0.188. The van der Waals surface area contributed by atoms with Gasteiger partial charge in [-0.05, 0) is 12.1 Å². The van der Waals surface area contributed by atoms with Crippen LogP contribution in [0.2, 0.25) is 20.1 Å². The van der Waals surface area contributed by atoms with Crippen LogP contribution in [-0.4, -0.2) is 48.9 Å². The summed E-state index contributed by atoms with van der Waals surface area (Å²) >= 11 is 23.9. The first-order valence-corrected chi connectivity index (χ1v) is 9.98. The number of benzene rings is 2. The molecule has 0 unspecified atom stereocenters. The summed E-state index contributed by atoms with van der Waals surface area (Å²) in [5, 5.41) is 1.64. The van der Waals surface area contributed by atoms with E-state index < -0.39 is 36.8 Å². The average molecular weight is 506 g/mol. The first kappa shape index (κ1) is 23.1. The van der Waals surface area contributed by atoms with Gasteiger partial charge in [0.2, 0.25) is 0 Å². The number of imide groups is 1. The van der Waals surface area contributed by atoms with Gasteiger partial charge in [0, 0.05) is 11.8 Å². The van der Waals surface area contributed by atoms with E-state index in [9.17, 15) is 19.2 Å². The van der Waals surface area contributed by atoms with Gasteiger partial charge in [-0.15, -0.1) is 0 Å². The van der Waals surface area contributed by atoms with Gasteiger partial charge >= 0.3 is 5.97 Å². The van der Waals surface area contributed by atoms with Gasteiger partial charge in [-0.3, -0.25) is 24.1 Å². The molecule has 0 saturated heterocycles. The van der Waals surface area contributed by atoms with Crippen molar-refractivity contribution in [2.75, 3.05) is 25.6 Å². The summed E-state index contributed by atoms with van der Waals surface area (Å²) in [5.74, 6) is -2.88. The van der Waals surface area contributed by atoms with E-state index in [0.717, 1.165) is 0 Å². The Morgan fingerprint density at radius 1 is 0.968 bits per heavy atom. The third kappa shape index (κ3) is 4.57. The van der Waals surface area contributed by atoms with Crippen LogP contribution in [0.1, 0.15) is 20.7 Å². The molecule has 2 aromatic carbocycles. The van der Waals surface area contributed by atoms with Crippen LogP contribution in [0.15, 0.2) is 24.3 Å². The summed E-state index contributed by atoms with van der Waals surface area (Å²) in [4.78, 5) is 49.8. The van der Waals surface area contributed by atoms with Gasteiger partial charge in [-0.1, -0.05) is 52.5 Å². The molecule has 0 bridgehead atoms. The number of hydrogen-bond donors (Lipinski definition) is 1. The largest absolute Gasteiger partial charge is 0.497 e. The van der Waals surface area contributed by atoms with Crippen LogP contribution in [-0.2, 0) is 14.3 Å². The molecule has 1 aliphatic rings. The maximum absolute atomic E-state index is 12.6. The van der Waals surface area contributed by atoms with E-state index in [1.807, 2.05) is 0 Å². The molecule has 3 rings (SSSR count). The monoisotopic (exact) mass is 504 g/mol. The smallest absolute Gasteiger partial charge is 0.326 e. The summed E-state index contributed by atoms with van der Waals surface area (Å²) in [6, 6.07) is 6.54. The predicted octanol–water partition coefficient (Wildman–Crippen LogP) is 4.09. The molecule has 0 fully saturated rings. The highest BCUT2D eigenvalue weighted by Gasteiger charge is 2.42. The highest BCUT2D eigenvalue weighted by atomic mass is 35.5. The number of rotatable bonds is 6. The maximum Gasteiger partial charge on any atom is 0.326 e. The van der Waals surface area contributed by atoms with Crippen molar-refractivity contribution in [2.24, 2.45) is 0 Å². The Balaban J connectivity index is 1.64. The fraction of sp³-hybridized carbons (Fsp3) is 0.158.